The van der Waals surface area contributed by atoms with Crippen LogP contribution in [0.5, 0.6) is 0 Å². The van der Waals surface area contributed by atoms with E-state index in [2.05, 4.69) is 28.3 Å². The number of aromatic carboxylic acids is 1. The highest BCUT2D eigenvalue weighted by Gasteiger charge is 2.12. The summed E-state index contributed by atoms with van der Waals surface area (Å²) in [4.78, 5) is 19.8. The Bertz CT molecular complexity index is 671. The minimum Gasteiger partial charge on any atom is -0.477 e. The zero-order valence-corrected chi connectivity index (χ0v) is 13.1. The normalized spacial score (nSPS) is 12.0. The maximum atomic E-state index is 11.2. The highest BCUT2D eigenvalue weighted by Crippen LogP contribution is 2.13. The van der Waals surface area contributed by atoms with Crippen molar-refractivity contribution in [2.24, 2.45) is 0 Å². The first-order chi connectivity index (χ1) is 10.5. The van der Waals surface area contributed by atoms with Gasteiger partial charge in [-0.2, -0.15) is 0 Å². The van der Waals surface area contributed by atoms with Crippen LogP contribution >= 0.6 is 0 Å². The molecule has 0 spiro atoms. The number of carbonyl (C=O) groups is 1. The minimum atomic E-state index is -1.04. The number of nitrogens with one attached hydrogen (secondary N) is 1. The molecule has 0 aliphatic rings. The van der Waals surface area contributed by atoms with Gasteiger partial charge >= 0.3 is 5.97 Å². The van der Waals surface area contributed by atoms with Crippen LogP contribution in [0.3, 0.4) is 0 Å². The van der Waals surface area contributed by atoms with E-state index in [4.69, 9.17) is 0 Å². The maximum Gasteiger partial charge on any atom is 0.354 e. The summed E-state index contributed by atoms with van der Waals surface area (Å²) in [7, 11) is 0. The number of anilines is 1. The van der Waals surface area contributed by atoms with Crippen LogP contribution in [0, 0.1) is 6.92 Å². The van der Waals surface area contributed by atoms with Crippen LogP contribution in [0.4, 0.5) is 5.82 Å². The van der Waals surface area contributed by atoms with E-state index in [0.717, 1.165) is 17.5 Å². The van der Waals surface area contributed by atoms with E-state index in [1.54, 1.807) is 0 Å². The Morgan fingerprint density at radius 2 is 2.09 bits per heavy atom. The van der Waals surface area contributed by atoms with Gasteiger partial charge in [0.2, 0.25) is 0 Å². The summed E-state index contributed by atoms with van der Waals surface area (Å²) in [5, 5.41) is 12.4. The third kappa shape index (κ3) is 4.28. The van der Waals surface area contributed by atoms with Gasteiger partial charge < -0.3 is 10.4 Å². The van der Waals surface area contributed by atoms with Crippen LogP contribution in [0.2, 0.25) is 0 Å². The summed E-state index contributed by atoms with van der Waals surface area (Å²) >= 11 is 0. The van der Waals surface area contributed by atoms with Crippen LogP contribution in [0.25, 0.3) is 0 Å². The predicted molar refractivity (Wildman–Crippen MR) is 86.4 cm³/mol. The molecule has 116 valence electrons. The molecular formula is C17H21N3O2. The van der Waals surface area contributed by atoms with Crippen molar-refractivity contribution >= 4 is 11.8 Å². The molecule has 0 saturated carbocycles. The Morgan fingerprint density at radius 3 is 2.73 bits per heavy atom. The molecule has 1 aromatic carbocycles. The summed E-state index contributed by atoms with van der Waals surface area (Å²) in [5.41, 5.74) is 2.24. The third-order valence-electron chi connectivity index (χ3n) is 3.44. The fraction of sp³-hybridized carbons (Fsp3) is 0.353. The molecule has 1 unspecified atom stereocenters. The van der Waals surface area contributed by atoms with Crippen molar-refractivity contribution in [2.45, 2.75) is 39.7 Å². The lowest BCUT2D eigenvalue weighted by atomic mass is 10.1. The number of hydrogen-bond donors (Lipinski definition) is 2. The van der Waals surface area contributed by atoms with Crippen LogP contribution in [-0.4, -0.2) is 27.1 Å². The second kappa shape index (κ2) is 7.02. The summed E-state index contributed by atoms with van der Waals surface area (Å²) in [6.45, 7) is 6.11. The molecule has 2 rings (SSSR count). The van der Waals surface area contributed by atoms with Crippen molar-refractivity contribution in [3.05, 3.63) is 53.0 Å². The van der Waals surface area contributed by atoms with Gasteiger partial charge in [0.25, 0.3) is 0 Å². The first-order valence-electron chi connectivity index (χ1n) is 7.41. The van der Waals surface area contributed by atoms with Gasteiger partial charge in [-0.05, 0) is 25.8 Å². The van der Waals surface area contributed by atoms with Crippen molar-refractivity contribution in [2.75, 3.05) is 5.32 Å². The molecule has 1 aromatic heterocycles. The lowest BCUT2D eigenvalue weighted by Crippen LogP contribution is -2.17. The van der Waals surface area contributed by atoms with E-state index in [1.165, 1.54) is 6.07 Å². The molecule has 5 heteroatoms. The van der Waals surface area contributed by atoms with Crippen LogP contribution in [0.1, 0.15) is 47.7 Å². The van der Waals surface area contributed by atoms with Crippen LogP contribution < -0.4 is 5.32 Å². The molecule has 2 N–H and O–H groups in total. The highest BCUT2D eigenvalue weighted by molar-refractivity contribution is 5.86. The lowest BCUT2D eigenvalue weighted by molar-refractivity contribution is 0.0690. The fourth-order valence-electron chi connectivity index (χ4n) is 2.12. The van der Waals surface area contributed by atoms with Crippen molar-refractivity contribution in [1.29, 1.82) is 0 Å². The van der Waals surface area contributed by atoms with Gasteiger partial charge in [-0.3, -0.25) is 0 Å². The van der Waals surface area contributed by atoms with E-state index in [0.29, 0.717) is 18.1 Å². The quantitative estimate of drug-likeness (QED) is 0.856. The molecule has 0 fully saturated rings. The Hall–Kier alpha value is -2.43. The zero-order chi connectivity index (χ0) is 16.1. The molecule has 0 aliphatic carbocycles. The number of nitrogens with zero attached hydrogens (tertiary/aromatic N) is 2. The monoisotopic (exact) mass is 299 g/mol. The van der Waals surface area contributed by atoms with Crippen molar-refractivity contribution in [3.8, 4) is 0 Å². The van der Waals surface area contributed by atoms with Gasteiger partial charge in [-0.25, -0.2) is 14.8 Å². The molecule has 1 heterocycles. The summed E-state index contributed by atoms with van der Waals surface area (Å²) in [6.07, 6.45) is 1.44. The number of hydrogen-bond acceptors (Lipinski definition) is 4. The standard InChI is InChI=1S/C17H21N3O2/c1-4-12(3)18-16-10-14(17(21)22)19-15(20-16)9-13-7-5-6-11(2)8-13/h5-8,10,12H,4,9H2,1-3H3,(H,21,22)(H,18,19,20). The van der Waals surface area contributed by atoms with Crippen molar-refractivity contribution < 1.29 is 9.90 Å². The Morgan fingerprint density at radius 1 is 1.32 bits per heavy atom. The van der Waals surface area contributed by atoms with Gasteiger partial charge in [0.15, 0.2) is 5.69 Å². The van der Waals surface area contributed by atoms with Gasteiger partial charge in [-0.1, -0.05) is 36.8 Å². The topological polar surface area (TPSA) is 75.1 Å². The van der Waals surface area contributed by atoms with E-state index in [1.807, 2.05) is 32.0 Å². The Balaban J connectivity index is 2.31. The first kappa shape index (κ1) is 15.9. The van der Waals surface area contributed by atoms with Gasteiger partial charge in [0.1, 0.15) is 11.6 Å². The number of carboxylic acid groups (broad SMARTS) is 1. The van der Waals surface area contributed by atoms with Crippen LogP contribution in [-0.2, 0) is 6.42 Å². The van der Waals surface area contributed by atoms with E-state index in [-0.39, 0.29) is 11.7 Å². The number of benzene rings is 1. The van der Waals surface area contributed by atoms with Crippen molar-refractivity contribution in [3.63, 3.8) is 0 Å². The van der Waals surface area contributed by atoms with Gasteiger partial charge in [0.05, 0.1) is 0 Å². The summed E-state index contributed by atoms with van der Waals surface area (Å²) in [6, 6.07) is 9.75. The largest absolute Gasteiger partial charge is 0.477 e. The third-order valence-corrected chi connectivity index (χ3v) is 3.44. The Labute approximate surface area is 130 Å². The molecule has 0 saturated heterocycles. The van der Waals surface area contributed by atoms with Crippen LogP contribution in [0.15, 0.2) is 30.3 Å². The predicted octanol–water partition coefficient (Wildman–Crippen LogP) is 3.28. The lowest BCUT2D eigenvalue weighted by Gasteiger charge is -2.13. The second-order valence-corrected chi connectivity index (χ2v) is 5.48. The first-order valence-corrected chi connectivity index (χ1v) is 7.41. The average Bonchev–Trinajstić information content (AvgIpc) is 2.46. The number of carboxylic acids is 1. The molecule has 1 atom stereocenters. The molecule has 0 radical (unpaired) electrons. The number of aryl methyl sites for hydroxylation is 1. The molecular weight excluding hydrogens is 278 g/mol. The molecule has 22 heavy (non-hydrogen) atoms. The number of rotatable bonds is 6. The molecule has 0 bridgehead atoms. The summed E-state index contributed by atoms with van der Waals surface area (Å²) < 4.78 is 0. The molecule has 0 amide bonds. The Kier molecular flexibility index (Phi) is 5.09. The highest BCUT2D eigenvalue weighted by atomic mass is 16.4. The molecule has 0 aliphatic heterocycles. The minimum absolute atomic E-state index is 0.0171. The molecule has 2 aromatic rings. The van der Waals surface area contributed by atoms with Gasteiger partial charge in [-0.15, -0.1) is 0 Å². The fourth-order valence-corrected chi connectivity index (χ4v) is 2.12. The average molecular weight is 299 g/mol. The maximum absolute atomic E-state index is 11.2. The van der Waals surface area contributed by atoms with Crippen molar-refractivity contribution in [1.82, 2.24) is 9.97 Å². The number of aromatic nitrogens is 2. The summed E-state index contributed by atoms with van der Waals surface area (Å²) in [5.74, 6) is 0.0285. The van der Waals surface area contributed by atoms with E-state index in [9.17, 15) is 9.90 Å². The van der Waals surface area contributed by atoms with E-state index < -0.39 is 5.97 Å². The van der Waals surface area contributed by atoms with Gasteiger partial charge in [0, 0.05) is 18.5 Å². The SMILES string of the molecule is CCC(C)Nc1cc(C(=O)O)nc(Cc2cccc(C)c2)n1. The zero-order valence-electron chi connectivity index (χ0n) is 13.1. The molecule has 5 nitrogen and oxygen atoms in total. The van der Waals surface area contributed by atoms with E-state index >= 15 is 0 Å². The smallest absolute Gasteiger partial charge is 0.354 e. The second-order valence-electron chi connectivity index (χ2n) is 5.48.